The van der Waals surface area contributed by atoms with E-state index in [4.69, 9.17) is 5.73 Å². The van der Waals surface area contributed by atoms with Crippen LogP contribution in [0.25, 0.3) is 0 Å². The van der Waals surface area contributed by atoms with Gasteiger partial charge in [-0.3, -0.25) is 4.90 Å². The summed E-state index contributed by atoms with van der Waals surface area (Å²) in [5.74, 6) is 0. The summed E-state index contributed by atoms with van der Waals surface area (Å²) in [6, 6.07) is 16.2. The highest BCUT2D eigenvalue weighted by molar-refractivity contribution is 5.66. The minimum absolute atomic E-state index is 0.130. The molecule has 2 aromatic carbocycles. The maximum atomic E-state index is 11.8. The fraction of sp³-hybridized carbons (Fsp3) is 0.316. The molecule has 0 aliphatic carbocycles. The molecule has 126 valence electrons. The van der Waals surface area contributed by atoms with E-state index in [1.165, 1.54) is 4.90 Å². The average Bonchev–Trinajstić information content (AvgIpc) is 3.01. The number of hydrogen-bond acceptors (Lipinski definition) is 3. The van der Waals surface area contributed by atoms with Crippen LogP contribution >= 0.6 is 0 Å². The third-order valence-electron chi connectivity index (χ3n) is 4.72. The lowest BCUT2D eigenvalue weighted by Gasteiger charge is -2.31. The van der Waals surface area contributed by atoms with Crippen molar-refractivity contribution in [3.63, 3.8) is 0 Å². The van der Waals surface area contributed by atoms with Crippen LogP contribution in [0.3, 0.4) is 0 Å². The summed E-state index contributed by atoms with van der Waals surface area (Å²) in [4.78, 5) is 13.2. The molecule has 1 aliphatic heterocycles. The van der Waals surface area contributed by atoms with E-state index in [0.29, 0.717) is 18.5 Å². The van der Waals surface area contributed by atoms with E-state index >= 15 is 0 Å². The number of hydrogen-bond donors (Lipinski definition) is 3. The molecule has 0 saturated carbocycles. The normalized spacial score (nSPS) is 21.6. The van der Waals surface area contributed by atoms with E-state index < -0.39 is 18.2 Å². The minimum atomic E-state index is -0.979. The van der Waals surface area contributed by atoms with Crippen molar-refractivity contribution in [1.29, 1.82) is 0 Å². The molecule has 5 nitrogen and oxygen atoms in total. The Balaban J connectivity index is 1.78. The number of aliphatic hydroxyl groups is 1. The Morgan fingerprint density at radius 1 is 1.12 bits per heavy atom. The summed E-state index contributed by atoms with van der Waals surface area (Å²) in [7, 11) is 0. The Morgan fingerprint density at radius 2 is 1.79 bits per heavy atom. The van der Waals surface area contributed by atoms with Crippen molar-refractivity contribution in [2.24, 2.45) is 0 Å². The van der Waals surface area contributed by atoms with Gasteiger partial charge in [0.2, 0.25) is 0 Å². The van der Waals surface area contributed by atoms with Crippen molar-refractivity contribution >= 4 is 11.8 Å². The van der Waals surface area contributed by atoms with Crippen LogP contribution in [0.1, 0.15) is 30.1 Å². The number of likely N-dealkylation sites (tertiary alicyclic amines) is 1. The van der Waals surface area contributed by atoms with Gasteiger partial charge in [0.05, 0.1) is 12.1 Å². The number of nitrogens with zero attached hydrogens (tertiary/aromatic N) is 1. The van der Waals surface area contributed by atoms with Crippen molar-refractivity contribution in [3.05, 3.63) is 65.7 Å². The number of aliphatic hydroxyl groups excluding tert-OH is 1. The van der Waals surface area contributed by atoms with Crippen LogP contribution < -0.4 is 5.73 Å². The number of nitrogens with two attached hydrogens (primary N) is 1. The molecule has 1 aliphatic rings. The zero-order valence-electron chi connectivity index (χ0n) is 13.4. The highest BCUT2D eigenvalue weighted by Gasteiger charge is 2.41. The number of amides is 1. The Kier molecular flexibility index (Phi) is 4.71. The predicted molar refractivity (Wildman–Crippen MR) is 92.6 cm³/mol. The predicted octanol–water partition coefficient (Wildman–Crippen LogP) is 3.06. The summed E-state index contributed by atoms with van der Waals surface area (Å²) < 4.78 is 0. The summed E-state index contributed by atoms with van der Waals surface area (Å²) in [5.41, 5.74) is 8.19. The molecule has 2 unspecified atom stereocenters. The first-order chi connectivity index (χ1) is 11.6. The number of rotatable bonds is 4. The molecule has 4 N–H and O–H groups in total. The third-order valence-corrected chi connectivity index (χ3v) is 4.72. The molecular formula is C19H22N2O3. The summed E-state index contributed by atoms with van der Waals surface area (Å²) in [6.07, 6.45) is 0.240. The molecular weight excluding hydrogens is 304 g/mol. The van der Waals surface area contributed by atoms with Crippen LogP contribution in [0, 0.1) is 0 Å². The van der Waals surface area contributed by atoms with Gasteiger partial charge < -0.3 is 15.9 Å². The van der Waals surface area contributed by atoms with Crippen molar-refractivity contribution < 1.29 is 15.0 Å². The molecule has 3 atom stereocenters. The second kappa shape index (κ2) is 6.93. The van der Waals surface area contributed by atoms with Crippen LogP contribution in [0.2, 0.25) is 0 Å². The molecule has 3 rings (SSSR count). The molecule has 1 saturated heterocycles. The smallest absolute Gasteiger partial charge is 0.407 e. The Morgan fingerprint density at radius 3 is 2.42 bits per heavy atom. The zero-order chi connectivity index (χ0) is 17.1. The zero-order valence-corrected chi connectivity index (χ0v) is 13.4. The lowest BCUT2D eigenvalue weighted by Crippen LogP contribution is -2.44. The molecule has 24 heavy (non-hydrogen) atoms. The van der Waals surface area contributed by atoms with Crippen molar-refractivity contribution in [3.8, 4) is 0 Å². The second-order valence-electron chi connectivity index (χ2n) is 6.29. The van der Waals surface area contributed by atoms with Crippen LogP contribution in [0.4, 0.5) is 10.5 Å². The van der Waals surface area contributed by atoms with E-state index in [2.05, 4.69) is 0 Å². The van der Waals surface area contributed by atoms with Crippen LogP contribution in [-0.4, -0.2) is 33.3 Å². The van der Waals surface area contributed by atoms with Gasteiger partial charge in [0.25, 0.3) is 0 Å². The molecule has 1 fully saturated rings. The van der Waals surface area contributed by atoms with E-state index in [-0.39, 0.29) is 6.04 Å². The first-order valence-corrected chi connectivity index (χ1v) is 8.15. The van der Waals surface area contributed by atoms with Gasteiger partial charge in [-0.2, -0.15) is 0 Å². The molecule has 5 heteroatoms. The molecule has 0 radical (unpaired) electrons. The SMILES string of the molecule is Nc1ccc(CC2CCC([C@H](O)c3ccccc3)N2C(=O)O)cc1. The van der Waals surface area contributed by atoms with Gasteiger partial charge in [0, 0.05) is 11.7 Å². The maximum absolute atomic E-state index is 11.8. The van der Waals surface area contributed by atoms with Gasteiger partial charge in [-0.15, -0.1) is 0 Å². The lowest BCUT2D eigenvalue weighted by molar-refractivity contribution is 0.0540. The van der Waals surface area contributed by atoms with E-state index in [9.17, 15) is 15.0 Å². The van der Waals surface area contributed by atoms with Crippen molar-refractivity contribution in [1.82, 2.24) is 4.90 Å². The summed E-state index contributed by atoms with van der Waals surface area (Å²) in [5, 5.41) is 20.3. The van der Waals surface area contributed by atoms with Crippen LogP contribution in [-0.2, 0) is 6.42 Å². The van der Waals surface area contributed by atoms with E-state index in [1.54, 1.807) is 0 Å². The quantitative estimate of drug-likeness (QED) is 0.754. The molecule has 1 heterocycles. The number of anilines is 1. The van der Waals surface area contributed by atoms with Gasteiger partial charge in [-0.05, 0) is 42.5 Å². The second-order valence-corrected chi connectivity index (χ2v) is 6.29. The highest BCUT2D eigenvalue weighted by atomic mass is 16.4. The lowest BCUT2D eigenvalue weighted by atomic mass is 10.0. The Hall–Kier alpha value is -2.53. The largest absolute Gasteiger partial charge is 0.465 e. The standard InChI is InChI=1S/C19H22N2O3/c20-15-8-6-13(7-9-15)12-16-10-11-17(21(16)19(23)24)18(22)14-4-2-1-3-5-14/h1-9,16-18,22H,10-12,20H2,(H,23,24)/t16?,17?,18-/m1/s1. The molecule has 1 amide bonds. The topological polar surface area (TPSA) is 86.8 Å². The van der Waals surface area contributed by atoms with Crippen LogP contribution in [0.5, 0.6) is 0 Å². The number of carboxylic acid groups (broad SMARTS) is 1. The van der Waals surface area contributed by atoms with Gasteiger partial charge in [0.15, 0.2) is 0 Å². The average molecular weight is 326 g/mol. The molecule has 0 aromatic heterocycles. The number of carbonyl (C=O) groups is 1. The Labute approximate surface area is 141 Å². The van der Waals surface area contributed by atoms with Crippen molar-refractivity contribution in [2.45, 2.75) is 37.5 Å². The van der Waals surface area contributed by atoms with Crippen LogP contribution in [0.15, 0.2) is 54.6 Å². The molecule has 0 bridgehead atoms. The first kappa shape index (κ1) is 16.3. The monoisotopic (exact) mass is 326 g/mol. The van der Waals surface area contributed by atoms with Crippen molar-refractivity contribution in [2.75, 3.05) is 5.73 Å². The maximum Gasteiger partial charge on any atom is 0.407 e. The molecule has 0 spiro atoms. The fourth-order valence-electron chi connectivity index (χ4n) is 3.52. The number of nitrogen functional groups attached to an aromatic ring is 1. The fourth-order valence-corrected chi connectivity index (χ4v) is 3.52. The summed E-state index contributed by atoms with van der Waals surface area (Å²) in [6.45, 7) is 0. The number of benzene rings is 2. The van der Waals surface area contributed by atoms with E-state index in [1.807, 2.05) is 54.6 Å². The van der Waals surface area contributed by atoms with Gasteiger partial charge in [-0.1, -0.05) is 42.5 Å². The Bertz CT molecular complexity index is 688. The first-order valence-electron chi connectivity index (χ1n) is 8.15. The molecule has 2 aromatic rings. The van der Waals surface area contributed by atoms with Gasteiger partial charge in [-0.25, -0.2) is 4.79 Å². The van der Waals surface area contributed by atoms with Gasteiger partial charge in [0.1, 0.15) is 0 Å². The third kappa shape index (κ3) is 3.36. The summed E-state index contributed by atoms with van der Waals surface area (Å²) >= 11 is 0. The van der Waals surface area contributed by atoms with Gasteiger partial charge >= 0.3 is 6.09 Å². The van der Waals surface area contributed by atoms with E-state index in [0.717, 1.165) is 17.5 Å². The minimum Gasteiger partial charge on any atom is -0.465 e. The highest BCUT2D eigenvalue weighted by Crippen LogP contribution is 2.34.